The average Bonchev–Trinajstić information content (AvgIpc) is 3.59. The van der Waals surface area contributed by atoms with Crippen LogP contribution in [0.3, 0.4) is 0 Å². The molecule has 0 amide bonds. The van der Waals surface area contributed by atoms with Crippen LogP contribution in [-0.4, -0.2) is 71.5 Å². The fourth-order valence-corrected chi connectivity index (χ4v) is 7.76. The summed E-state index contributed by atoms with van der Waals surface area (Å²) in [4.78, 5) is 37.5. The number of hydrogen-bond donors (Lipinski definition) is 2. The van der Waals surface area contributed by atoms with Crippen LogP contribution in [-0.2, 0) is 10.3 Å². The van der Waals surface area contributed by atoms with Crippen molar-refractivity contribution >= 4 is 27.9 Å². The van der Waals surface area contributed by atoms with Gasteiger partial charge in [-0.2, -0.15) is 0 Å². The molecule has 9 rings (SSSR count). The summed E-state index contributed by atoms with van der Waals surface area (Å²) in [5.41, 5.74) is 15.0. The molecule has 5 aromatic carbocycles. The van der Waals surface area contributed by atoms with Crippen LogP contribution in [0, 0.1) is 13.8 Å². The second kappa shape index (κ2) is 21.2. The molecule has 0 saturated heterocycles. The highest BCUT2D eigenvalue weighted by molar-refractivity contribution is 5.97. The Morgan fingerprint density at radius 3 is 1.59 bits per heavy atom. The lowest BCUT2D eigenvalue weighted by molar-refractivity contribution is 0.0224. The van der Waals surface area contributed by atoms with Gasteiger partial charge in [-0.15, -0.1) is 0 Å². The Hall–Kier alpha value is -7.13. The van der Waals surface area contributed by atoms with Crippen LogP contribution in [0.25, 0.3) is 21.9 Å². The first kappa shape index (κ1) is 46.9. The topological polar surface area (TPSA) is 188 Å². The van der Waals surface area contributed by atoms with E-state index in [2.05, 4.69) is 4.90 Å². The molecule has 0 saturated carbocycles. The molecular formula is C52H55N3O11. The SMILES string of the molecule is COc1ccc2c(c1)Oc1cc(OCCCN)ccc1C21OC(=O)c2ccccc21.Cc1cc(=O)oc2cc(OCCCN(C)C)ccc12.Cc1cc(=O)oc2cc(OCCCN)ccc12. The zero-order valence-electron chi connectivity index (χ0n) is 37.8. The highest BCUT2D eigenvalue weighted by atomic mass is 16.6. The van der Waals surface area contributed by atoms with Gasteiger partial charge in [-0.25, -0.2) is 14.4 Å². The summed E-state index contributed by atoms with van der Waals surface area (Å²) in [6.45, 7) is 7.67. The van der Waals surface area contributed by atoms with Gasteiger partial charge in [-0.05, 0) is 126 Å². The Morgan fingerprint density at radius 2 is 1.06 bits per heavy atom. The highest BCUT2D eigenvalue weighted by Crippen LogP contribution is 2.57. The summed E-state index contributed by atoms with van der Waals surface area (Å²) in [6.07, 6.45) is 2.52. The number of hydrogen-bond acceptors (Lipinski definition) is 14. The lowest BCUT2D eigenvalue weighted by atomic mass is 9.77. The van der Waals surface area contributed by atoms with Crippen LogP contribution in [0.4, 0.5) is 0 Å². The molecule has 0 aliphatic carbocycles. The van der Waals surface area contributed by atoms with Crippen LogP contribution in [0.2, 0.25) is 0 Å². The predicted molar refractivity (Wildman–Crippen MR) is 253 cm³/mol. The molecule has 2 aromatic heterocycles. The van der Waals surface area contributed by atoms with Crippen molar-refractivity contribution in [2.75, 3.05) is 60.7 Å². The van der Waals surface area contributed by atoms with Crippen molar-refractivity contribution in [2.45, 2.75) is 38.7 Å². The van der Waals surface area contributed by atoms with Gasteiger partial charge in [0.1, 0.15) is 45.7 Å². The molecule has 2 aliphatic rings. The number of ether oxygens (including phenoxy) is 6. The normalized spacial score (nSPS) is 14.2. The van der Waals surface area contributed by atoms with Gasteiger partial charge < -0.3 is 53.6 Å². The smallest absolute Gasteiger partial charge is 0.340 e. The molecule has 1 spiro atoms. The van der Waals surface area contributed by atoms with E-state index in [1.807, 2.05) is 101 Å². The first-order valence-electron chi connectivity index (χ1n) is 21.8. The zero-order chi connectivity index (χ0) is 46.8. The Bertz CT molecular complexity index is 2940. The summed E-state index contributed by atoms with van der Waals surface area (Å²) < 4.78 is 45.0. The minimum Gasteiger partial charge on any atom is -0.497 e. The molecule has 0 fully saturated rings. The quantitative estimate of drug-likeness (QED) is 0.0603. The van der Waals surface area contributed by atoms with Gasteiger partial charge in [0, 0.05) is 70.4 Å². The van der Waals surface area contributed by atoms with Gasteiger partial charge in [-0.3, -0.25) is 0 Å². The Balaban J connectivity index is 0.000000156. The van der Waals surface area contributed by atoms with Crippen molar-refractivity contribution in [2.24, 2.45) is 11.5 Å². The number of nitrogens with zero attached hydrogens (tertiary/aromatic N) is 1. The number of methoxy groups -OCH3 is 1. The second-order valence-corrected chi connectivity index (χ2v) is 16.0. The molecule has 14 heteroatoms. The predicted octanol–water partition coefficient (Wildman–Crippen LogP) is 8.25. The molecule has 2 aliphatic heterocycles. The van der Waals surface area contributed by atoms with Gasteiger partial charge in [-0.1, -0.05) is 18.2 Å². The van der Waals surface area contributed by atoms with E-state index in [0.717, 1.165) is 70.1 Å². The lowest BCUT2D eigenvalue weighted by Gasteiger charge is -2.36. The first-order valence-corrected chi connectivity index (χ1v) is 21.8. The summed E-state index contributed by atoms with van der Waals surface area (Å²) >= 11 is 0. The third kappa shape index (κ3) is 10.5. The second-order valence-electron chi connectivity index (χ2n) is 16.0. The highest BCUT2D eigenvalue weighted by Gasteiger charge is 2.53. The van der Waals surface area contributed by atoms with Gasteiger partial charge in [0.05, 0.1) is 32.5 Å². The fourth-order valence-electron chi connectivity index (χ4n) is 7.76. The van der Waals surface area contributed by atoms with Crippen molar-refractivity contribution in [3.05, 3.63) is 163 Å². The number of nitrogens with two attached hydrogens (primary N) is 2. The summed E-state index contributed by atoms with van der Waals surface area (Å²) in [6, 6.07) is 32.7. The van der Waals surface area contributed by atoms with Crippen molar-refractivity contribution in [3.63, 3.8) is 0 Å². The van der Waals surface area contributed by atoms with Crippen molar-refractivity contribution in [3.8, 4) is 34.5 Å². The van der Waals surface area contributed by atoms with E-state index >= 15 is 0 Å². The minimum absolute atomic E-state index is 0.324. The summed E-state index contributed by atoms with van der Waals surface area (Å²) in [7, 11) is 5.67. The van der Waals surface area contributed by atoms with Crippen molar-refractivity contribution in [1.29, 1.82) is 0 Å². The van der Waals surface area contributed by atoms with Crippen molar-refractivity contribution < 1.29 is 42.1 Å². The molecule has 344 valence electrons. The number of rotatable bonds is 14. The lowest BCUT2D eigenvalue weighted by Crippen LogP contribution is -2.33. The van der Waals surface area contributed by atoms with E-state index in [1.165, 1.54) is 12.1 Å². The summed E-state index contributed by atoms with van der Waals surface area (Å²) in [5.74, 6) is 3.54. The van der Waals surface area contributed by atoms with Crippen LogP contribution >= 0.6 is 0 Å². The van der Waals surface area contributed by atoms with E-state index in [4.69, 9.17) is 48.7 Å². The Morgan fingerprint density at radius 1 is 0.576 bits per heavy atom. The third-order valence-electron chi connectivity index (χ3n) is 11.0. The van der Waals surface area contributed by atoms with E-state index in [9.17, 15) is 14.4 Å². The maximum absolute atomic E-state index is 12.8. The number of esters is 1. The molecule has 0 radical (unpaired) electrons. The molecule has 66 heavy (non-hydrogen) atoms. The van der Waals surface area contributed by atoms with Gasteiger partial charge in [0.25, 0.3) is 0 Å². The van der Waals surface area contributed by atoms with Gasteiger partial charge in [0.2, 0.25) is 0 Å². The molecule has 14 nitrogen and oxygen atoms in total. The van der Waals surface area contributed by atoms with E-state index < -0.39 is 5.60 Å². The van der Waals surface area contributed by atoms with E-state index in [0.29, 0.717) is 78.4 Å². The molecule has 7 aromatic rings. The third-order valence-corrected chi connectivity index (χ3v) is 11.0. The van der Waals surface area contributed by atoms with Crippen LogP contribution in [0.5, 0.6) is 34.5 Å². The maximum Gasteiger partial charge on any atom is 0.340 e. The largest absolute Gasteiger partial charge is 0.497 e. The van der Waals surface area contributed by atoms with Crippen LogP contribution < -0.4 is 46.4 Å². The van der Waals surface area contributed by atoms with Gasteiger partial charge >= 0.3 is 17.2 Å². The van der Waals surface area contributed by atoms with E-state index in [1.54, 1.807) is 31.4 Å². The zero-order valence-corrected chi connectivity index (χ0v) is 37.8. The Labute approximate surface area is 382 Å². The van der Waals surface area contributed by atoms with Crippen LogP contribution in [0.15, 0.2) is 128 Å². The van der Waals surface area contributed by atoms with Gasteiger partial charge in [0.15, 0.2) is 5.60 Å². The number of aryl methyl sites for hydroxylation is 2. The Kier molecular flexibility index (Phi) is 15.1. The molecule has 0 bridgehead atoms. The molecule has 1 atom stereocenters. The van der Waals surface area contributed by atoms with Crippen molar-refractivity contribution in [1.82, 2.24) is 4.90 Å². The summed E-state index contributed by atoms with van der Waals surface area (Å²) in [5, 5.41) is 1.87. The fraction of sp³-hybridized carbons (Fsp3) is 0.288. The monoisotopic (exact) mass is 897 g/mol. The standard InChI is InChI=1S/C24H21NO5.C15H19NO3.C13H15NO3/c1-27-15-7-9-19-21(13-15)29-22-14-16(28-12-4-11-25)8-10-20(22)24(19)18-6-3-2-5-17(18)23(26)30-24;1-11-9-15(17)19-14-10-12(5-6-13(11)14)18-8-4-7-16(2)3;1-9-7-13(15)17-12-8-10(3-4-11(9)12)16-6-2-5-14/h2-3,5-10,13-14H,4,11-12,25H2,1H3;5-6,9-10H,4,7-8H2,1-3H3;3-4,7-8H,2,5-6,14H2,1H3. The first-order chi connectivity index (χ1) is 31.9. The number of carbonyl (C=O) groups excluding carboxylic acids is 1. The number of benzene rings is 5. The molecule has 4 N–H and O–H groups in total. The van der Waals surface area contributed by atoms with Crippen LogP contribution in [0.1, 0.15) is 57.4 Å². The molecule has 4 heterocycles. The maximum atomic E-state index is 12.8. The average molecular weight is 898 g/mol. The minimum atomic E-state index is -1.08. The molecule has 1 unspecified atom stereocenters. The van der Waals surface area contributed by atoms with E-state index in [-0.39, 0.29) is 17.2 Å². The molecular weight excluding hydrogens is 843 g/mol. The number of carbonyl (C=O) groups is 1. The number of fused-ring (bicyclic) bond motifs is 8.